The van der Waals surface area contributed by atoms with Gasteiger partial charge in [-0.05, 0) is 63.8 Å². The van der Waals surface area contributed by atoms with E-state index in [-0.39, 0.29) is 11.9 Å². The lowest BCUT2D eigenvalue weighted by atomic mass is 9.97. The molecule has 0 aliphatic carbocycles. The normalized spacial score (nSPS) is 23.6. The summed E-state index contributed by atoms with van der Waals surface area (Å²) in [4.78, 5) is 4.48. The molecule has 0 saturated carbocycles. The van der Waals surface area contributed by atoms with Crippen LogP contribution in [0.3, 0.4) is 0 Å². The highest BCUT2D eigenvalue weighted by molar-refractivity contribution is 5.27. The molecule has 1 N–H and O–H groups in total. The zero-order chi connectivity index (χ0) is 14.7. The Morgan fingerprint density at radius 1 is 1.35 bits per heavy atom. The summed E-state index contributed by atoms with van der Waals surface area (Å²) >= 11 is 0. The maximum Gasteiger partial charge on any atom is 0.123 e. The van der Waals surface area contributed by atoms with E-state index < -0.39 is 6.10 Å². The number of aryl methyl sites for hydroxylation is 1. The predicted molar refractivity (Wildman–Crippen MR) is 79.4 cm³/mol. The summed E-state index contributed by atoms with van der Waals surface area (Å²) in [6.07, 6.45) is 1.16. The molecule has 0 aromatic heterocycles. The summed E-state index contributed by atoms with van der Waals surface area (Å²) in [5.74, 6) is -0.232. The summed E-state index contributed by atoms with van der Waals surface area (Å²) in [6, 6.07) is 4.89. The van der Waals surface area contributed by atoms with E-state index in [0.29, 0.717) is 6.42 Å². The molecule has 2 rings (SSSR count). The molecule has 0 bridgehead atoms. The van der Waals surface area contributed by atoms with Gasteiger partial charge in [-0.3, -0.25) is 4.90 Å². The fraction of sp³-hybridized carbons (Fsp3) is 0.625. The van der Waals surface area contributed by atoms with Crippen molar-refractivity contribution in [2.75, 3.05) is 33.7 Å². The Balaban J connectivity index is 2.09. The molecule has 1 saturated heterocycles. The van der Waals surface area contributed by atoms with Crippen molar-refractivity contribution in [2.45, 2.75) is 31.9 Å². The first kappa shape index (κ1) is 15.4. The minimum absolute atomic E-state index is 0.102. The molecule has 1 aromatic rings. The fourth-order valence-electron chi connectivity index (χ4n) is 2.94. The Morgan fingerprint density at radius 2 is 2.10 bits per heavy atom. The van der Waals surface area contributed by atoms with E-state index in [4.69, 9.17) is 0 Å². The van der Waals surface area contributed by atoms with Crippen molar-refractivity contribution in [3.8, 4) is 0 Å². The highest BCUT2D eigenvalue weighted by Crippen LogP contribution is 2.17. The van der Waals surface area contributed by atoms with Crippen LogP contribution in [0.1, 0.15) is 17.5 Å². The van der Waals surface area contributed by atoms with E-state index in [1.807, 2.05) is 6.92 Å². The number of nitrogens with zero attached hydrogens (tertiary/aromatic N) is 2. The number of aliphatic hydroxyl groups is 1. The Bertz CT molecular complexity index is 452. The van der Waals surface area contributed by atoms with Crippen molar-refractivity contribution in [3.63, 3.8) is 0 Å². The van der Waals surface area contributed by atoms with Crippen molar-refractivity contribution in [1.82, 2.24) is 9.80 Å². The monoisotopic (exact) mass is 280 g/mol. The van der Waals surface area contributed by atoms with Crippen molar-refractivity contribution in [1.29, 1.82) is 0 Å². The van der Waals surface area contributed by atoms with Crippen LogP contribution >= 0.6 is 0 Å². The van der Waals surface area contributed by atoms with Crippen molar-refractivity contribution < 1.29 is 9.50 Å². The second-order valence-corrected chi connectivity index (χ2v) is 6.01. The lowest BCUT2D eigenvalue weighted by Gasteiger charge is -2.31. The molecule has 20 heavy (non-hydrogen) atoms. The molecule has 0 amide bonds. The first-order valence-electron chi connectivity index (χ1n) is 7.29. The zero-order valence-corrected chi connectivity index (χ0v) is 12.6. The third kappa shape index (κ3) is 3.78. The van der Waals surface area contributed by atoms with Crippen LogP contribution in [0.15, 0.2) is 18.2 Å². The Labute approximate surface area is 121 Å². The smallest absolute Gasteiger partial charge is 0.123 e. The predicted octanol–water partition coefficient (Wildman–Crippen LogP) is 1.67. The topological polar surface area (TPSA) is 26.7 Å². The standard InChI is InChI=1S/C16H25FN2O/c1-12-5-6-14(17)9-13(12)10-16(20)15-11-18(2)7-4-8-19(15)3/h5-6,9,15-16,20H,4,7-8,10-11H2,1-3H3. The van der Waals surface area contributed by atoms with Gasteiger partial charge < -0.3 is 10.0 Å². The van der Waals surface area contributed by atoms with E-state index in [0.717, 1.165) is 37.2 Å². The molecule has 0 spiro atoms. The van der Waals surface area contributed by atoms with Crippen molar-refractivity contribution in [3.05, 3.63) is 35.1 Å². The quantitative estimate of drug-likeness (QED) is 0.912. The minimum Gasteiger partial charge on any atom is -0.391 e. The molecule has 4 heteroatoms. The Hall–Kier alpha value is -0.970. The molecule has 1 aliphatic rings. The van der Waals surface area contributed by atoms with Crippen LogP contribution in [-0.4, -0.2) is 60.8 Å². The molecule has 1 aliphatic heterocycles. The number of likely N-dealkylation sites (N-methyl/N-ethyl adjacent to an activating group) is 2. The van der Waals surface area contributed by atoms with E-state index in [1.165, 1.54) is 6.07 Å². The second kappa shape index (κ2) is 6.66. The average molecular weight is 280 g/mol. The number of hydrogen-bond acceptors (Lipinski definition) is 3. The third-order valence-corrected chi connectivity index (χ3v) is 4.30. The summed E-state index contributed by atoms with van der Waals surface area (Å²) in [5, 5.41) is 10.6. The van der Waals surface area contributed by atoms with E-state index in [2.05, 4.69) is 23.9 Å². The molecule has 3 nitrogen and oxygen atoms in total. The summed E-state index contributed by atoms with van der Waals surface area (Å²) in [7, 11) is 4.15. The van der Waals surface area contributed by atoms with Gasteiger partial charge >= 0.3 is 0 Å². The Kier molecular flexibility index (Phi) is 5.13. The second-order valence-electron chi connectivity index (χ2n) is 6.01. The minimum atomic E-state index is -0.471. The lowest BCUT2D eigenvalue weighted by Crippen LogP contribution is -2.47. The van der Waals surface area contributed by atoms with Gasteiger partial charge in [0.05, 0.1) is 6.10 Å². The third-order valence-electron chi connectivity index (χ3n) is 4.30. The number of halogens is 1. The SMILES string of the molecule is Cc1ccc(F)cc1CC(O)C1CN(C)CCCN1C. The van der Waals surface area contributed by atoms with Gasteiger partial charge in [-0.25, -0.2) is 4.39 Å². The van der Waals surface area contributed by atoms with Crippen molar-refractivity contribution in [2.24, 2.45) is 0 Å². The number of aliphatic hydroxyl groups excluding tert-OH is 1. The molecule has 1 fully saturated rings. The summed E-state index contributed by atoms with van der Waals surface area (Å²) in [6.45, 7) is 4.87. The van der Waals surface area contributed by atoms with Crippen LogP contribution in [0, 0.1) is 12.7 Å². The highest BCUT2D eigenvalue weighted by Gasteiger charge is 2.27. The summed E-state index contributed by atoms with van der Waals surface area (Å²) in [5.41, 5.74) is 1.94. The van der Waals surface area contributed by atoms with E-state index in [9.17, 15) is 9.50 Å². The van der Waals surface area contributed by atoms with Gasteiger partial charge in [0.15, 0.2) is 0 Å². The molecule has 0 radical (unpaired) electrons. The molecule has 2 unspecified atom stereocenters. The number of hydrogen-bond donors (Lipinski definition) is 1. The van der Waals surface area contributed by atoms with Crippen LogP contribution in [0.5, 0.6) is 0 Å². The maximum atomic E-state index is 13.3. The van der Waals surface area contributed by atoms with Gasteiger partial charge in [-0.1, -0.05) is 6.07 Å². The molecule has 1 heterocycles. The van der Waals surface area contributed by atoms with Crippen LogP contribution < -0.4 is 0 Å². The van der Waals surface area contributed by atoms with Gasteiger partial charge in [0.2, 0.25) is 0 Å². The van der Waals surface area contributed by atoms with Crippen LogP contribution in [0.25, 0.3) is 0 Å². The molecule has 112 valence electrons. The zero-order valence-electron chi connectivity index (χ0n) is 12.6. The molecule has 1 aromatic carbocycles. The first-order valence-corrected chi connectivity index (χ1v) is 7.29. The van der Waals surface area contributed by atoms with E-state index >= 15 is 0 Å². The largest absolute Gasteiger partial charge is 0.391 e. The average Bonchev–Trinajstić information content (AvgIpc) is 2.55. The molecular formula is C16H25FN2O. The van der Waals surface area contributed by atoms with Crippen LogP contribution in [0.2, 0.25) is 0 Å². The van der Waals surface area contributed by atoms with E-state index in [1.54, 1.807) is 12.1 Å². The first-order chi connectivity index (χ1) is 9.47. The number of benzene rings is 1. The Morgan fingerprint density at radius 3 is 2.85 bits per heavy atom. The van der Waals surface area contributed by atoms with Gasteiger partial charge in [0.1, 0.15) is 5.82 Å². The van der Waals surface area contributed by atoms with Gasteiger partial charge in [-0.15, -0.1) is 0 Å². The highest BCUT2D eigenvalue weighted by atomic mass is 19.1. The molecular weight excluding hydrogens is 255 g/mol. The molecule has 2 atom stereocenters. The van der Waals surface area contributed by atoms with Crippen LogP contribution in [0.4, 0.5) is 4.39 Å². The maximum absolute atomic E-state index is 13.3. The van der Waals surface area contributed by atoms with Crippen LogP contribution in [-0.2, 0) is 6.42 Å². The summed E-state index contributed by atoms with van der Waals surface area (Å²) < 4.78 is 13.3. The lowest BCUT2D eigenvalue weighted by molar-refractivity contribution is 0.0580. The van der Waals surface area contributed by atoms with Crippen molar-refractivity contribution >= 4 is 0 Å². The number of rotatable bonds is 3. The van der Waals surface area contributed by atoms with Gasteiger partial charge in [0, 0.05) is 19.0 Å². The van der Waals surface area contributed by atoms with Gasteiger partial charge in [-0.2, -0.15) is 0 Å². The van der Waals surface area contributed by atoms with Gasteiger partial charge in [0.25, 0.3) is 0 Å². The fourth-order valence-corrected chi connectivity index (χ4v) is 2.94.